The summed E-state index contributed by atoms with van der Waals surface area (Å²) in [5, 5.41) is 0. The van der Waals surface area contributed by atoms with Crippen molar-refractivity contribution >= 4 is 5.82 Å². The molecule has 1 aliphatic rings. The van der Waals surface area contributed by atoms with Crippen LogP contribution in [-0.4, -0.2) is 23.8 Å². The lowest BCUT2D eigenvalue weighted by atomic mass is 10.2. The number of rotatable bonds is 3. The first-order valence-corrected chi connectivity index (χ1v) is 6.11. The highest BCUT2D eigenvalue weighted by Crippen LogP contribution is 2.33. The Labute approximate surface area is 111 Å². The molecule has 0 radical (unpaired) electrons. The first kappa shape index (κ1) is 11.8. The fourth-order valence-electron chi connectivity index (χ4n) is 2.16. The van der Waals surface area contributed by atoms with Crippen molar-refractivity contribution < 1.29 is 9.47 Å². The predicted octanol–water partition coefficient (Wildman–Crippen LogP) is 2.15. The molecular weight excluding hydrogens is 242 g/mol. The molecule has 2 aromatic rings. The molecule has 0 saturated carbocycles. The van der Waals surface area contributed by atoms with Gasteiger partial charge in [0.15, 0.2) is 11.5 Å². The third-order valence-electron chi connectivity index (χ3n) is 3.07. The minimum Gasteiger partial charge on any atom is -0.454 e. The molecule has 1 aromatic heterocycles. The van der Waals surface area contributed by atoms with E-state index < -0.39 is 0 Å². The summed E-state index contributed by atoms with van der Waals surface area (Å²) < 4.78 is 10.7. The Morgan fingerprint density at radius 2 is 1.95 bits per heavy atom. The second kappa shape index (κ2) is 4.76. The van der Waals surface area contributed by atoms with E-state index in [1.165, 1.54) is 0 Å². The van der Waals surface area contributed by atoms with Gasteiger partial charge in [-0.2, -0.15) is 0 Å². The zero-order valence-corrected chi connectivity index (χ0v) is 11.0. The summed E-state index contributed by atoms with van der Waals surface area (Å²) >= 11 is 0. The zero-order valence-electron chi connectivity index (χ0n) is 11.0. The highest BCUT2D eigenvalue weighted by atomic mass is 16.7. The summed E-state index contributed by atoms with van der Waals surface area (Å²) in [5.41, 5.74) is 2.07. The van der Waals surface area contributed by atoms with Crippen molar-refractivity contribution in [3.8, 4) is 11.5 Å². The topological polar surface area (TPSA) is 47.5 Å². The van der Waals surface area contributed by atoms with Gasteiger partial charge >= 0.3 is 0 Å². The van der Waals surface area contributed by atoms with Crippen LogP contribution in [0.2, 0.25) is 0 Å². The number of hydrogen-bond donors (Lipinski definition) is 0. The van der Waals surface area contributed by atoms with E-state index in [2.05, 4.69) is 14.9 Å². The van der Waals surface area contributed by atoms with Gasteiger partial charge in [-0.25, -0.2) is 4.98 Å². The minimum atomic E-state index is 0.303. The zero-order chi connectivity index (χ0) is 13.2. The van der Waals surface area contributed by atoms with E-state index in [0.29, 0.717) is 6.79 Å². The van der Waals surface area contributed by atoms with Gasteiger partial charge in [-0.05, 0) is 24.6 Å². The van der Waals surface area contributed by atoms with Crippen molar-refractivity contribution in [2.24, 2.45) is 0 Å². The average molecular weight is 257 g/mol. The molecule has 3 rings (SSSR count). The highest BCUT2D eigenvalue weighted by Gasteiger charge is 2.14. The van der Waals surface area contributed by atoms with E-state index in [1.54, 1.807) is 12.4 Å². The molecule has 2 heterocycles. The molecule has 0 unspecified atom stereocenters. The number of anilines is 1. The van der Waals surface area contributed by atoms with Crippen LogP contribution in [0.4, 0.5) is 5.82 Å². The maximum absolute atomic E-state index is 5.38. The lowest BCUT2D eigenvalue weighted by molar-refractivity contribution is 0.174. The number of nitrogens with zero attached hydrogens (tertiary/aromatic N) is 3. The standard InChI is InChI=1S/C14H15N3O2/c1-10-14(16-6-5-15-10)17(2)8-11-3-4-12-13(7-11)19-9-18-12/h3-7H,8-9H2,1-2H3. The molecule has 0 amide bonds. The largest absolute Gasteiger partial charge is 0.454 e. The molecule has 0 bridgehead atoms. The quantitative estimate of drug-likeness (QED) is 0.843. The SMILES string of the molecule is Cc1nccnc1N(C)Cc1ccc2c(c1)OCO2. The number of aromatic nitrogens is 2. The Kier molecular flexibility index (Phi) is 2.95. The van der Waals surface area contributed by atoms with Gasteiger partial charge in [-0.3, -0.25) is 4.98 Å². The Bertz CT molecular complexity index is 601. The number of benzene rings is 1. The Balaban J connectivity index is 1.80. The van der Waals surface area contributed by atoms with E-state index in [9.17, 15) is 0 Å². The molecule has 1 aromatic carbocycles. The van der Waals surface area contributed by atoms with Crippen LogP contribution in [0.3, 0.4) is 0 Å². The van der Waals surface area contributed by atoms with Crippen LogP contribution in [0.15, 0.2) is 30.6 Å². The van der Waals surface area contributed by atoms with Crippen molar-refractivity contribution in [3.63, 3.8) is 0 Å². The van der Waals surface area contributed by atoms with Gasteiger partial charge in [0.1, 0.15) is 5.82 Å². The van der Waals surface area contributed by atoms with Gasteiger partial charge in [0.25, 0.3) is 0 Å². The van der Waals surface area contributed by atoms with E-state index in [0.717, 1.165) is 35.1 Å². The van der Waals surface area contributed by atoms with Crippen molar-refractivity contribution in [1.82, 2.24) is 9.97 Å². The summed E-state index contributed by atoms with van der Waals surface area (Å²) in [5.74, 6) is 2.50. The maximum atomic E-state index is 5.38. The number of aryl methyl sites for hydroxylation is 1. The van der Waals surface area contributed by atoms with Crippen molar-refractivity contribution in [2.75, 3.05) is 18.7 Å². The maximum Gasteiger partial charge on any atom is 0.231 e. The first-order chi connectivity index (χ1) is 9.24. The highest BCUT2D eigenvalue weighted by molar-refractivity contribution is 5.47. The van der Waals surface area contributed by atoms with Gasteiger partial charge in [-0.15, -0.1) is 0 Å². The van der Waals surface area contributed by atoms with Crippen molar-refractivity contribution in [1.29, 1.82) is 0 Å². The Hall–Kier alpha value is -2.30. The molecular formula is C14H15N3O2. The monoisotopic (exact) mass is 257 g/mol. The molecule has 0 saturated heterocycles. The summed E-state index contributed by atoms with van der Waals surface area (Å²) in [6.45, 7) is 3.01. The third kappa shape index (κ3) is 2.31. The number of hydrogen-bond acceptors (Lipinski definition) is 5. The normalized spacial score (nSPS) is 12.5. The lowest BCUT2D eigenvalue weighted by Gasteiger charge is -2.19. The van der Waals surface area contributed by atoms with Crippen LogP contribution in [-0.2, 0) is 6.54 Å². The van der Waals surface area contributed by atoms with Crippen LogP contribution in [0, 0.1) is 6.92 Å². The molecule has 5 nitrogen and oxygen atoms in total. The van der Waals surface area contributed by atoms with Gasteiger partial charge in [0.2, 0.25) is 6.79 Å². The third-order valence-corrected chi connectivity index (χ3v) is 3.07. The van der Waals surface area contributed by atoms with Gasteiger partial charge in [-0.1, -0.05) is 6.07 Å². The molecule has 19 heavy (non-hydrogen) atoms. The van der Waals surface area contributed by atoms with Crippen molar-refractivity contribution in [3.05, 3.63) is 41.9 Å². The van der Waals surface area contributed by atoms with Gasteiger partial charge in [0, 0.05) is 26.0 Å². The molecule has 0 spiro atoms. The fraction of sp³-hybridized carbons (Fsp3) is 0.286. The average Bonchev–Trinajstić information content (AvgIpc) is 2.86. The molecule has 5 heteroatoms. The van der Waals surface area contributed by atoms with Crippen LogP contribution >= 0.6 is 0 Å². The van der Waals surface area contributed by atoms with E-state index in [1.807, 2.05) is 32.2 Å². The molecule has 98 valence electrons. The smallest absolute Gasteiger partial charge is 0.231 e. The summed E-state index contributed by atoms with van der Waals surface area (Å²) in [7, 11) is 2.00. The first-order valence-electron chi connectivity index (χ1n) is 6.11. The van der Waals surface area contributed by atoms with E-state index in [4.69, 9.17) is 9.47 Å². The molecule has 0 fully saturated rings. The van der Waals surface area contributed by atoms with Crippen LogP contribution < -0.4 is 14.4 Å². The summed E-state index contributed by atoms with van der Waals surface area (Å²) in [6.07, 6.45) is 3.41. The van der Waals surface area contributed by atoms with E-state index >= 15 is 0 Å². The Morgan fingerprint density at radius 1 is 1.16 bits per heavy atom. The predicted molar refractivity (Wildman–Crippen MR) is 71.4 cm³/mol. The van der Waals surface area contributed by atoms with Crippen LogP contribution in [0.5, 0.6) is 11.5 Å². The minimum absolute atomic E-state index is 0.303. The van der Waals surface area contributed by atoms with Crippen LogP contribution in [0.1, 0.15) is 11.3 Å². The summed E-state index contributed by atoms with van der Waals surface area (Å²) in [4.78, 5) is 10.7. The van der Waals surface area contributed by atoms with E-state index in [-0.39, 0.29) is 0 Å². The van der Waals surface area contributed by atoms with Gasteiger partial charge < -0.3 is 14.4 Å². The van der Waals surface area contributed by atoms with Crippen LogP contribution in [0.25, 0.3) is 0 Å². The lowest BCUT2D eigenvalue weighted by Crippen LogP contribution is -2.19. The second-order valence-electron chi connectivity index (χ2n) is 4.51. The van der Waals surface area contributed by atoms with Crippen molar-refractivity contribution in [2.45, 2.75) is 13.5 Å². The second-order valence-corrected chi connectivity index (χ2v) is 4.51. The molecule has 0 atom stereocenters. The molecule has 0 aliphatic carbocycles. The van der Waals surface area contributed by atoms with Gasteiger partial charge in [0.05, 0.1) is 5.69 Å². The summed E-state index contributed by atoms with van der Waals surface area (Å²) in [6, 6.07) is 5.98. The number of ether oxygens (including phenoxy) is 2. The number of fused-ring (bicyclic) bond motifs is 1. The fourth-order valence-corrected chi connectivity index (χ4v) is 2.16. The molecule has 0 N–H and O–H groups in total. The molecule has 1 aliphatic heterocycles. The Morgan fingerprint density at radius 3 is 2.79 bits per heavy atom.